The van der Waals surface area contributed by atoms with E-state index in [9.17, 15) is 4.79 Å². The summed E-state index contributed by atoms with van der Waals surface area (Å²) in [5.41, 5.74) is 2.05. The Hall–Kier alpha value is -1.68. The molecule has 0 aliphatic heterocycles. The van der Waals surface area contributed by atoms with Crippen molar-refractivity contribution in [3.8, 4) is 10.6 Å². The zero-order valence-corrected chi connectivity index (χ0v) is 10.6. The molecule has 0 aliphatic carbocycles. The number of pyridine rings is 1. The predicted molar refractivity (Wildman–Crippen MR) is 68.2 cm³/mol. The SMILES string of the molecule is CCOC(=O)c1ccc(-c2cc(C)ccn2)s1. The standard InChI is InChI=1S/C13H13NO2S/c1-3-16-13(15)12-5-4-11(17-12)10-8-9(2)6-7-14-10/h4-8H,3H2,1-2H3. The summed E-state index contributed by atoms with van der Waals surface area (Å²) in [7, 11) is 0. The molecule has 0 bridgehead atoms. The summed E-state index contributed by atoms with van der Waals surface area (Å²) in [6.07, 6.45) is 1.77. The Kier molecular flexibility index (Phi) is 3.54. The molecule has 0 unspecified atom stereocenters. The van der Waals surface area contributed by atoms with Crippen molar-refractivity contribution in [2.45, 2.75) is 13.8 Å². The average Bonchev–Trinajstić information content (AvgIpc) is 2.78. The Balaban J connectivity index is 2.27. The maximum absolute atomic E-state index is 11.5. The van der Waals surface area contributed by atoms with Gasteiger partial charge < -0.3 is 4.74 Å². The second-order valence-corrected chi connectivity index (χ2v) is 4.69. The third-order valence-corrected chi connectivity index (χ3v) is 3.34. The number of nitrogens with zero attached hydrogens (tertiary/aromatic N) is 1. The number of ether oxygens (including phenoxy) is 1. The molecule has 4 heteroatoms. The number of aryl methyl sites for hydroxylation is 1. The third-order valence-electron chi connectivity index (χ3n) is 2.25. The smallest absolute Gasteiger partial charge is 0.348 e. The molecule has 0 saturated heterocycles. The van der Waals surface area contributed by atoms with Gasteiger partial charge in [-0.05, 0) is 43.7 Å². The fourth-order valence-corrected chi connectivity index (χ4v) is 2.33. The van der Waals surface area contributed by atoms with Gasteiger partial charge in [0.1, 0.15) is 4.88 Å². The van der Waals surface area contributed by atoms with Crippen molar-refractivity contribution in [2.24, 2.45) is 0 Å². The summed E-state index contributed by atoms with van der Waals surface area (Å²) in [6.45, 7) is 4.22. The molecule has 2 aromatic heterocycles. The number of hydrogen-bond acceptors (Lipinski definition) is 4. The Labute approximate surface area is 104 Å². The average molecular weight is 247 g/mol. The maximum Gasteiger partial charge on any atom is 0.348 e. The quantitative estimate of drug-likeness (QED) is 0.781. The van der Waals surface area contributed by atoms with Crippen LogP contribution in [0.25, 0.3) is 10.6 Å². The number of esters is 1. The second-order valence-electron chi connectivity index (χ2n) is 3.60. The van der Waals surface area contributed by atoms with E-state index in [0.29, 0.717) is 11.5 Å². The number of rotatable bonds is 3. The van der Waals surface area contributed by atoms with Gasteiger partial charge in [-0.25, -0.2) is 4.79 Å². The van der Waals surface area contributed by atoms with Crippen LogP contribution in [0.2, 0.25) is 0 Å². The Bertz CT molecular complexity index is 534. The first-order valence-electron chi connectivity index (χ1n) is 5.40. The van der Waals surface area contributed by atoms with Gasteiger partial charge in [0.2, 0.25) is 0 Å². The van der Waals surface area contributed by atoms with Crippen LogP contribution in [0.5, 0.6) is 0 Å². The van der Waals surface area contributed by atoms with E-state index < -0.39 is 0 Å². The number of thiophene rings is 1. The van der Waals surface area contributed by atoms with Crippen molar-refractivity contribution in [3.05, 3.63) is 40.9 Å². The molecule has 2 heterocycles. The number of aromatic nitrogens is 1. The lowest BCUT2D eigenvalue weighted by Gasteiger charge is -1.98. The van der Waals surface area contributed by atoms with Crippen molar-refractivity contribution in [2.75, 3.05) is 6.61 Å². The van der Waals surface area contributed by atoms with E-state index in [4.69, 9.17) is 4.74 Å². The zero-order valence-electron chi connectivity index (χ0n) is 9.77. The third kappa shape index (κ3) is 2.71. The van der Waals surface area contributed by atoms with Crippen LogP contribution in [-0.4, -0.2) is 17.6 Å². The van der Waals surface area contributed by atoms with Crippen LogP contribution < -0.4 is 0 Å². The highest BCUT2D eigenvalue weighted by Gasteiger charge is 2.11. The van der Waals surface area contributed by atoms with Crippen LogP contribution in [-0.2, 0) is 4.74 Å². The topological polar surface area (TPSA) is 39.2 Å². The normalized spacial score (nSPS) is 10.2. The van der Waals surface area contributed by atoms with Gasteiger partial charge in [-0.15, -0.1) is 11.3 Å². The van der Waals surface area contributed by atoms with E-state index >= 15 is 0 Å². The van der Waals surface area contributed by atoms with Gasteiger partial charge in [-0.1, -0.05) is 0 Å². The minimum Gasteiger partial charge on any atom is -0.462 e. The minimum absolute atomic E-state index is 0.267. The lowest BCUT2D eigenvalue weighted by Crippen LogP contribution is -2.01. The fourth-order valence-electron chi connectivity index (χ4n) is 1.46. The maximum atomic E-state index is 11.5. The first-order chi connectivity index (χ1) is 8.20. The van der Waals surface area contributed by atoms with Gasteiger partial charge in [0.15, 0.2) is 0 Å². The largest absolute Gasteiger partial charge is 0.462 e. The molecule has 2 aromatic rings. The summed E-state index contributed by atoms with van der Waals surface area (Å²) in [6, 6.07) is 7.63. The highest BCUT2D eigenvalue weighted by atomic mass is 32.1. The van der Waals surface area contributed by atoms with E-state index in [-0.39, 0.29) is 5.97 Å². The lowest BCUT2D eigenvalue weighted by atomic mass is 10.2. The summed E-state index contributed by atoms with van der Waals surface area (Å²) in [5, 5.41) is 0. The molecule has 0 aromatic carbocycles. The highest BCUT2D eigenvalue weighted by Crippen LogP contribution is 2.27. The van der Waals surface area contributed by atoms with Crippen molar-refractivity contribution < 1.29 is 9.53 Å². The summed E-state index contributed by atoms with van der Waals surface area (Å²) >= 11 is 1.41. The van der Waals surface area contributed by atoms with E-state index in [0.717, 1.165) is 16.1 Å². The first-order valence-corrected chi connectivity index (χ1v) is 6.22. The molecule has 0 saturated carbocycles. The Morgan fingerprint density at radius 3 is 2.94 bits per heavy atom. The van der Waals surface area contributed by atoms with Crippen molar-refractivity contribution in [1.82, 2.24) is 4.98 Å². The van der Waals surface area contributed by atoms with Gasteiger partial charge in [0, 0.05) is 6.20 Å². The second kappa shape index (κ2) is 5.10. The molecule has 17 heavy (non-hydrogen) atoms. The molecule has 2 rings (SSSR count). The zero-order chi connectivity index (χ0) is 12.3. The predicted octanol–water partition coefficient (Wildman–Crippen LogP) is 3.30. The van der Waals surface area contributed by atoms with Gasteiger partial charge in [0.25, 0.3) is 0 Å². The Morgan fingerprint density at radius 2 is 2.24 bits per heavy atom. The molecule has 3 nitrogen and oxygen atoms in total. The lowest BCUT2D eigenvalue weighted by molar-refractivity contribution is 0.0532. The van der Waals surface area contributed by atoms with Gasteiger partial charge in [-0.2, -0.15) is 0 Å². The van der Waals surface area contributed by atoms with Crippen LogP contribution in [0.3, 0.4) is 0 Å². The van der Waals surface area contributed by atoms with Crippen molar-refractivity contribution >= 4 is 17.3 Å². The van der Waals surface area contributed by atoms with Gasteiger partial charge >= 0.3 is 5.97 Å². The van der Waals surface area contributed by atoms with Gasteiger partial charge in [0.05, 0.1) is 17.2 Å². The molecular weight excluding hydrogens is 234 g/mol. The van der Waals surface area contributed by atoms with Crippen LogP contribution in [0.1, 0.15) is 22.2 Å². The van der Waals surface area contributed by atoms with E-state index in [1.807, 2.05) is 25.1 Å². The summed E-state index contributed by atoms with van der Waals surface area (Å²) in [5.74, 6) is -0.267. The van der Waals surface area contributed by atoms with Crippen LogP contribution >= 0.6 is 11.3 Å². The van der Waals surface area contributed by atoms with Crippen molar-refractivity contribution in [3.63, 3.8) is 0 Å². The molecule has 0 atom stereocenters. The first kappa shape index (κ1) is 11.8. The monoisotopic (exact) mass is 247 g/mol. The molecule has 0 spiro atoms. The Morgan fingerprint density at radius 1 is 1.41 bits per heavy atom. The van der Waals surface area contributed by atoms with Crippen LogP contribution in [0.15, 0.2) is 30.5 Å². The summed E-state index contributed by atoms with van der Waals surface area (Å²) in [4.78, 5) is 17.4. The molecule has 0 radical (unpaired) electrons. The van der Waals surface area contributed by atoms with E-state index in [1.165, 1.54) is 11.3 Å². The fraction of sp³-hybridized carbons (Fsp3) is 0.231. The van der Waals surface area contributed by atoms with Crippen molar-refractivity contribution in [1.29, 1.82) is 0 Å². The molecule has 0 aliphatic rings. The van der Waals surface area contributed by atoms with E-state index in [2.05, 4.69) is 4.98 Å². The molecule has 0 N–H and O–H groups in total. The number of hydrogen-bond donors (Lipinski definition) is 0. The molecule has 0 amide bonds. The number of carbonyl (C=O) groups is 1. The molecule has 0 fully saturated rings. The summed E-state index contributed by atoms with van der Waals surface area (Å²) < 4.78 is 4.95. The molecule has 88 valence electrons. The van der Waals surface area contributed by atoms with Gasteiger partial charge in [-0.3, -0.25) is 4.98 Å². The number of carbonyl (C=O) groups excluding carboxylic acids is 1. The highest BCUT2D eigenvalue weighted by molar-refractivity contribution is 7.17. The molecular formula is C13H13NO2S. The van der Waals surface area contributed by atoms with Crippen LogP contribution in [0, 0.1) is 6.92 Å². The minimum atomic E-state index is -0.267. The van der Waals surface area contributed by atoms with Crippen LogP contribution in [0.4, 0.5) is 0 Å². The van der Waals surface area contributed by atoms with E-state index in [1.54, 1.807) is 19.2 Å².